The van der Waals surface area contributed by atoms with Gasteiger partial charge in [-0.05, 0) is 12.0 Å². The summed E-state index contributed by atoms with van der Waals surface area (Å²) in [6, 6.07) is 10.6. The quantitative estimate of drug-likeness (QED) is 0.723. The largest absolute Gasteiger partial charge is 0.379 e. The van der Waals surface area contributed by atoms with Crippen molar-refractivity contribution < 1.29 is 4.74 Å². The first-order valence-electron chi connectivity index (χ1n) is 7.51. The highest BCUT2D eigenvalue weighted by molar-refractivity contribution is 7.99. The number of thioether (sulfide) groups is 1. The van der Waals surface area contributed by atoms with Crippen LogP contribution in [0.25, 0.3) is 0 Å². The lowest BCUT2D eigenvalue weighted by atomic mass is 10.1. The lowest BCUT2D eigenvalue weighted by Gasteiger charge is -2.27. The summed E-state index contributed by atoms with van der Waals surface area (Å²) in [6.07, 6.45) is 0.903. The van der Waals surface area contributed by atoms with Crippen molar-refractivity contribution in [3.8, 4) is 0 Å². The minimum Gasteiger partial charge on any atom is -0.379 e. The molecular formula is C16H21Cl2NOS. The summed E-state index contributed by atoms with van der Waals surface area (Å²) in [5.74, 6) is 1.48. The maximum atomic E-state index is 6.30. The second-order valence-electron chi connectivity index (χ2n) is 5.73. The molecule has 1 aromatic carbocycles. The van der Waals surface area contributed by atoms with Crippen LogP contribution in [0.15, 0.2) is 30.3 Å². The molecule has 21 heavy (non-hydrogen) atoms. The summed E-state index contributed by atoms with van der Waals surface area (Å²) in [7, 11) is 0. The Balaban J connectivity index is 1.55. The molecule has 0 aromatic heterocycles. The van der Waals surface area contributed by atoms with Gasteiger partial charge in [0.05, 0.1) is 13.2 Å². The topological polar surface area (TPSA) is 12.5 Å². The molecule has 0 radical (unpaired) electrons. The molecule has 1 aliphatic heterocycles. The van der Waals surface area contributed by atoms with Crippen LogP contribution in [0.1, 0.15) is 17.2 Å². The summed E-state index contributed by atoms with van der Waals surface area (Å²) in [5.41, 5.74) is 1.35. The summed E-state index contributed by atoms with van der Waals surface area (Å²) in [4.78, 5) is 2.47. The third-order valence-corrected chi connectivity index (χ3v) is 6.42. The van der Waals surface area contributed by atoms with E-state index in [-0.39, 0.29) is 0 Å². The highest BCUT2D eigenvalue weighted by Crippen LogP contribution is 2.62. The fraction of sp³-hybridized carbons (Fsp3) is 0.625. The molecule has 1 aromatic rings. The van der Waals surface area contributed by atoms with Crippen LogP contribution in [-0.4, -0.2) is 47.8 Å². The predicted octanol–water partition coefficient (Wildman–Crippen LogP) is 3.99. The molecule has 2 aliphatic rings. The Morgan fingerprint density at radius 2 is 1.90 bits per heavy atom. The lowest BCUT2D eigenvalue weighted by molar-refractivity contribution is 0.0410. The van der Waals surface area contributed by atoms with Crippen LogP contribution in [0.3, 0.4) is 0 Å². The number of hydrogen-bond donors (Lipinski definition) is 0. The highest BCUT2D eigenvalue weighted by Gasteiger charge is 2.55. The molecule has 2 nitrogen and oxygen atoms in total. The summed E-state index contributed by atoms with van der Waals surface area (Å²) < 4.78 is 4.87. The molecule has 2 unspecified atom stereocenters. The van der Waals surface area contributed by atoms with E-state index in [9.17, 15) is 0 Å². The van der Waals surface area contributed by atoms with Gasteiger partial charge in [0, 0.05) is 36.6 Å². The monoisotopic (exact) mass is 345 g/mol. The van der Waals surface area contributed by atoms with E-state index < -0.39 is 4.33 Å². The first-order valence-corrected chi connectivity index (χ1v) is 9.32. The van der Waals surface area contributed by atoms with Crippen molar-refractivity contribution in [2.24, 2.45) is 5.92 Å². The average molecular weight is 346 g/mol. The van der Waals surface area contributed by atoms with Crippen molar-refractivity contribution >= 4 is 35.0 Å². The van der Waals surface area contributed by atoms with Gasteiger partial charge in [0.25, 0.3) is 0 Å². The van der Waals surface area contributed by atoms with Crippen molar-refractivity contribution in [2.75, 3.05) is 38.6 Å². The minimum absolute atomic E-state index is 0.373. The van der Waals surface area contributed by atoms with Gasteiger partial charge in [0.2, 0.25) is 0 Å². The molecular weight excluding hydrogens is 325 g/mol. The second kappa shape index (κ2) is 7.10. The fourth-order valence-corrected chi connectivity index (χ4v) is 5.05. The zero-order chi connectivity index (χ0) is 14.7. The van der Waals surface area contributed by atoms with Crippen LogP contribution >= 0.6 is 35.0 Å². The van der Waals surface area contributed by atoms with Crippen molar-refractivity contribution in [1.29, 1.82) is 0 Å². The van der Waals surface area contributed by atoms with Gasteiger partial charge in [-0.25, -0.2) is 0 Å². The van der Waals surface area contributed by atoms with Crippen LogP contribution < -0.4 is 0 Å². The van der Waals surface area contributed by atoms with Gasteiger partial charge in [0.1, 0.15) is 4.33 Å². The van der Waals surface area contributed by atoms with Gasteiger partial charge >= 0.3 is 0 Å². The first-order chi connectivity index (χ1) is 10.2. The van der Waals surface area contributed by atoms with Crippen LogP contribution in [0.2, 0.25) is 0 Å². The molecule has 2 fully saturated rings. The SMILES string of the molecule is ClC1(Cl)CC1C(SCCN1CCOCC1)c1ccccc1. The predicted molar refractivity (Wildman–Crippen MR) is 91.4 cm³/mol. The van der Waals surface area contributed by atoms with Gasteiger partial charge in [0.15, 0.2) is 0 Å². The summed E-state index contributed by atoms with van der Waals surface area (Å²) in [6.45, 7) is 4.94. The molecule has 0 amide bonds. The molecule has 0 N–H and O–H groups in total. The Morgan fingerprint density at radius 3 is 2.52 bits per heavy atom. The number of halogens is 2. The van der Waals surface area contributed by atoms with E-state index >= 15 is 0 Å². The van der Waals surface area contributed by atoms with Crippen LogP contribution in [-0.2, 0) is 4.74 Å². The Bertz CT molecular complexity index is 451. The van der Waals surface area contributed by atoms with Gasteiger partial charge < -0.3 is 4.74 Å². The van der Waals surface area contributed by atoms with Crippen LogP contribution in [0.5, 0.6) is 0 Å². The number of benzene rings is 1. The maximum absolute atomic E-state index is 6.30. The number of alkyl halides is 2. The van der Waals surface area contributed by atoms with Crippen molar-refractivity contribution in [2.45, 2.75) is 16.0 Å². The minimum atomic E-state index is -0.521. The molecule has 1 saturated carbocycles. The Morgan fingerprint density at radius 1 is 1.24 bits per heavy atom. The molecule has 0 bridgehead atoms. The third kappa shape index (κ3) is 4.29. The summed E-state index contributed by atoms with van der Waals surface area (Å²) >= 11 is 14.6. The Kier molecular flexibility index (Phi) is 5.39. The molecule has 5 heteroatoms. The van der Waals surface area contributed by atoms with Gasteiger partial charge in [-0.1, -0.05) is 30.3 Å². The van der Waals surface area contributed by atoms with Gasteiger partial charge in [-0.15, -0.1) is 23.2 Å². The maximum Gasteiger partial charge on any atom is 0.123 e. The fourth-order valence-electron chi connectivity index (χ4n) is 2.78. The number of nitrogens with zero attached hydrogens (tertiary/aromatic N) is 1. The number of ether oxygens (including phenoxy) is 1. The Hall–Kier alpha value is 0.0700. The van der Waals surface area contributed by atoms with E-state index in [4.69, 9.17) is 27.9 Å². The van der Waals surface area contributed by atoms with E-state index in [1.807, 2.05) is 11.8 Å². The molecule has 116 valence electrons. The van der Waals surface area contributed by atoms with Gasteiger partial charge in [-0.2, -0.15) is 11.8 Å². The first kappa shape index (κ1) is 15.9. The zero-order valence-corrected chi connectivity index (χ0v) is 14.3. The van der Waals surface area contributed by atoms with Crippen molar-refractivity contribution in [1.82, 2.24) is 4.90 Å². The Labute approximate surface area is 141 Å². The van der Waals surface area contributed by atoms with E-state index in [2.05, 4.69) is 35.2 Å². The zero-order valence-electron chi connectivity index (χ0n) is 12.0. The van der Waals surface area contributed by atoms with Crippen molar-refractivity contribution in [3.05, 3.63) is 35.9 Å². The van der Waals surface area contributed by atoms with Crippen LogP contribution in [0, 0.1) is 5.92 Å². The smallest absolute Gasteiger partial charge is 0.123 e. The van der Waals surface area contributed by atoms with E-state index in [1.54, 1.807) is 0 Å². The van der Waals surface area contributed by atoms with E-state index in [0.717, 1.165) is 45.0 Å². The molecule has 2 atom stereocenters. The van der Waals surface area contributed by atoms with Crippen molar-refractivity contribution in [3.63, 3.8) is 0 Å². The highest BCUT2D eigenvalue weighted by atomic mass is 35.5. The summed E-state index contributed by atoms with van der Waals surface area (Å²) in [5, 5.41) is 0.405. The molecule has 3 rings (SSSR count). The molecule has 1 heterocycles. The van der Waals surface area contributed by atoms with E-state index in [0.29, 0.717) is 11.2 Å². The molecule has 1 aliphatic carbocycles. The lowest BCUT2D eigenvalue weighted by Crippen LogP contribution is -2.37. The second-order valence-corrected chi connectivity index (χ2v) is 8.52. The van der Waals surface area contributed by atoms with E-state index in [1.165, 1.54) is 5.56 Å². The molecule has 0 spiro atoms. The van der Waals surface area contributed by atoms with Gasteiger partial charge in [-0.3, -0.25) is 4.90 Å². The number of rotatable bonds is 6. The normalized spacial score (nSPS) is 26.5. The molecule has 1 saturated heterocycles. The third-order valence-electron chi connectivity index (χ3n) is 4.18. The van der Waals surface area contributed by atoms with Crippen LogP contribution in [0.4, 0.5) is 0 Å². The average Bonchev–Trinajstić information content (AvgIpc) is 3.14. The number of hydrogen-bond acceptors (Lipinski definition) is 3. The standard InChI is InChI=1S/C16H21Cl2NOS/c17-16(18)12-14(16)15(13-4-2-1-3-5-13)21-11-8-19-6-9-20-10-7-19/h1-5,14-15H,6-12H2. The number of morpholine rings is 1.